The molecule has 0 spiro atoms. The van der Waals surface area contributed by atoms with Gasteiger partial charge in [-0.25, -0.2) is 31.3 Å². The van der Waals surface area contributed by atoms with Gasteiger partial charge < -0.3 is 0 Å². The van der Waals surface area contributed by atoms with Gasteiger partial charge >= 0.3 is 15.3 Å². The van der Waals surface area contributed by atoms with Crippen LogP contribution in [0.2, 0.25) is 0 Å². The summed E-state index contributed by atoms with van der Waals surface area (Å²) in [7, 11) is -4.29. The molecule has 0 unspecified atom stereocenters. The quantitative estimate of drug-likeness (QED) is 0.576. The molecule has 0 heterocycles. The third kappa shape index (κ3) is 1.93. The minimum absolute atomic E-state index is 1.21. The Morgan fingerprint density at radius 1 is 1.15 bits per heavy atom. The van der Waals surface area contributed by atoms with E-state index in [1.165, 1.54) is 12.1 Å². The van der Waals surface area contributed by atoms with Crippen molar-refractivity contribution in [3.8, 4) is 12.1 Å². The highest BCUT2D eigenvalue weighted by Gasteiger charge is 2.44. The third-order valence-electron chi connectivity index (χ3n) is 1.08. The van der Waals surface area contributed by atoms with Crippen molar-refractivity contribution in [3.63, 3.8) is 0 Å². The van der Waals surface area contributed by atoms with Gasteiger partial charge in [-0.15, -0.1) is 0 Å². The van der Waals surface area contributed by atoms with E-state index in [0.29, 0.717) is 0 Å². The normalized spacial score (nSPS) is 9.69. The Labute approximate surface area is 75.2 Å². The van der Waals surface area contributed by atoms with Crippen molar-refractivity contribution in [2.75, 3.05) is 0 Å². The summed E-state index contributed by atoms with van der Waals surface area (Å²) in [5.41, 5.74) is -1.99. The van der Waals surface area contributed by atoms with E-state index in [1.54, 1.807) is 0 Å². The van der Waals surface area contributed by atoms with Crippen molar-refractivity contribution in [3.05, 3.63) is 22.8 Å². The first kappa shape index (κ1) is 10.9. The second kappa shape index (κ2) is 4.07. The smallest absolute Gasteiger partial charge is 0.223 e. The molecule has 0 atom stereocenters. The van der Waals surface area contributed by atoms with Gasteiger partial charge in [-0.3, -0.25) is 0 Å². The van der Waals surface area contributed by atoms with Gasteiger partial charge in [-0.1, -0.05) is 0 Å². The van der Waals surface area contributed by atoms with Crippen LogP contribution in [-0.2, 0) is 9.84 Å². The molecule has 0 aliphatic heterocycles. The Bertz CT molecular complexity index is 387. The molecule has 7 heteroatoms. The Balaban J connectivity index is 5.30. The minimum Gasteiger partial charge on any atom is -0.223 e. The molecular weight excluding hydrogens is 192 g/mol. The molecule has 13 heavy (non-hydrogen) atoms. The van der Waals surface area contributed by atoms with E-state index in [9.17, 15) is 8.42 Å². The lowest BCUT2D eigenvalue weighted by molar-refractivity contribution is 0.593. The highest BCUT2D eigenvalue weighted by molar-refractivity contribution is 7.93. The number of nitriles is 2. The largest absolute Gasteiger partial charge is 0.580 e. The van der Waals surface area contributed by atoms with Crippen LogP contribution in [0, 0.1) is 35.8 Å². The number of nitrogens with zero attached hydrogens (tertiary/aromatic N) is 4. The van der Waals surface area contributed by atoms with Crippen LogP contribution >= 0.6 is 0 Å². The SMILES string of the molecule is [C-]#[N+]C([N+]#[C-])S(=O)(=O)C(C#N)C#N. The molecule has 0 fully saturated rings. The summed E-state index contributed by atoms with van der Waals surface area (Å²) in [5, 5.41) is 14.5. The fraction of sp³-hybridized carbons (Fsp3) is 0.333. The number of sulfone groups is 1. The molecule has 0 rings (SSSR count). The predicted octanol–water partition coefficient (Wildman–Crippen LogP) is -0.0609. The van der Waals surface area contributed by atoms with Crippen LogP contribution in [0.3, 0.4) is 0 Å². The topological polar surface area (TPSA) is 90.4 Å². The molecule has 0 amide bonds. The molecule has 0 aliphatic carbocycles. The lowest BCUT2D eigenvalue weighted by Crippen LogP contribution is -2.25. The molecule has 0 radical (unpaired) electrons. The van der Waals surface area contributed by atoms with Gasteiger partial charge in [0.15, 0.2) is 0 Å². The molecule has 6 nitrogen and oxygen atoms in total. The summed E-state index contributed by atoms with van der Waals surface area (Å²) >= 11 is 0. The van der Waals surface area contributed by atoms with E-state index in [0.717, 1.165) is 0 Å². The Morgan fingerprint density at radius 2 is 1.54 bits per heavy atom. The molecule has 0 aromatic rings. The third-order valence-corrected chi connectivity index (χ3v) is 2.74. The first-order valence-electron chi connectivity index (χ1n) is 2.79. The van der Waals surface area contributed by atoms with Gasteiger partial charge in [0.05, 0.1) is 12.1 Å². The van der Waals surface area contributed by atoms with Crippen molar-refractivity contribution < 1.29 is 8.42 Å². The van der Waals surface area contributed by atoms with E-state index in [1.807, 2.05) is 0 Å². The van der Waals surface area contributed by atoms with Crippen LogP contribution in [0.5, 0.6) is 0 Å². The molecule has 0 bridgehead atoms. The monoisotopic (exact) mass is 194 g/mol. The molecule has 0 N–H and O–H groups in total. The summed E-state index contributed by atoms with van der Waals surface area (Å²) in [6, 6.07) is 2.41. The maximum absolute atomic E-state index is 11.1. The Kier molecular flexibility index (Phi) is 3.41. The molecule has 64 valence electrons. The second-order valence-electron chi connectivity index (χ2n) is 1.81. The van der Waals surface area contributed by atoms with Crippen LogP contribution < -0.4 is 0 Å². The second-order valence-corrected chi connectivity index (χ2v) is 3.88. The summed E-state index contributed by atoms with van der Waals surface area (Å²) < 4.78 is 22.2. The highest BCUT2D eigenvalue weighted by Crippen LogP contribution is 2.11. The zero-order valence-corrected chi connectivity index (χ0v) is 6.98. The fourth-order valence-electron chi connectivity index (χ4n) is 0.473. The van der Waals surface area contributed by atoms with Gasteiger partial charge in [0.25, 0.3) is 0 Å². The van der Waals surface area contributed by atoms with Gasteiger partial charge in [0.1, 0.15) is 0 Å². The summed E-state index contributed by atoms with van der Waals surface area (Å²) in [6.07, 6.45) is 0. The number of hydrogen-bond donors (Lipinski definition) is 0. The van der Waals surface area contributed by atoms with Crippen molar-refractivity contribution in [1.29, 1.82) is 10.5 Å². The first-order valence-corrected chi connectivity index (χ1v) is 4.40. The Morgan fingerprint density at radius 3 is 1.77 bits per heavy atom. The molecule has 0 saturated heterocycles. The summed E-state index contributed by atoms with van der Waals surface area (Å²) in [6.45, 7) is 12.7. The molecular formula is C6H2N4O2S. The van der Waals surface area contributed by atoms with Crippen LogP contribution in [0.15, 0.2) is 0 Å². The van der Waals surface area contributed by atoms with Gasteiger partial charge in [0.2, 0.25) is 5.25 Å². The summed E-state index contributed by atoms with van der Waals surface area (Å²) in [5.74, 6) is 0. The van der Waals surface area contributed by atoms with Gasteiger partial charge in [0, 0.05) is 0 Å². The van der Waals surface area contributed by atoms with E-state index >= 15 is 0 Å². The van der Waals surface area contributed by atoms with Crippen LogP contribution in [0.1, 0.15) is 0 Å². The minimum atomic E-state index is -4.29. The predicted molar refractivity (Wildman–Crippen MR) is 40.9 cm³/mol. The lowest BCUT2D eigenvalue weighted by atomic mass is 10.5. The van der Waals surface area contributed by atoms with E-state index in [-0.39, 0.29) is 0 Å². The zero-order valence-electron chi connectivity index (χ0n) is 6.17. The van der Waals surface area contributed by atoms with Crippen LogP contribution in [0.25, 0.3) is 9.69 Å². The van der Waals surface area contributed by atoms with E-state index in [4.69, 9.17) is 23.7 Å². The number of hydrogen-bond acceptors (Lipinski definition) is 4. The average molecular weight is 194 g/mol. The van der Waals surface area contributed by atoms with Crippen molar-refractivity contribution in [2.24, 2.45) is 0 Å². The summed E-state index contributed by atoms with van der Waals surface area (Å²) in [4.78, 5) is 5.00. The molecule has 0 aromatic heterocycles. The maximum Gasteiger partial charge on any atom is 0.580 e. The van der Waals surface area contributed by atoms with Crippen molar-refractivity contribution >= 4 is 9.84 Å². The standard InChI is InChI=1S/C6H2N4O2S/c1-9-6(10-2)13(11,12)5(3-7)4-8/h5-6H. The fourth-order valence-corrected chi connectivity index (χ4v) is 1.30. The Hall–Kier alpha value is -2.09. The first-order chi connectivity index (χ1) is 6.04. The van der Waals surface area contributed by atoms with E-state index in [2.05, 4.69) is 9.69 Å². The van der Waals surface area contributed by atoms with Crippen LogP contribution in [0.4, 0.5) is 0 Å². The number of rotatable bonds is 2. The lowest BCUT2D eigenvalue weighted by Gasteiger charge is -1.95. The molecule has 0 aromatic carbocycles. The zero-order chi connectivity index (χ0) is 10.5. The van der Waals surface area contributed by atoms with Crippen molar-refractivity contribution in [2.45, 2.75) is 10.7 Å². The van der Waals surface area contributed by atoms with Gasteiger partial charge in [-0.2, -0.15) is 10.5 Å². The average Bonchev–Trinajstić information content (AvgIpc) is 2.07. The van der Waals surface area contributed by atoms with E-state index < -0.39 is 20.6 Å². The van der Waals surface area contributed by atoms with Crippen molar-refractivity contribution in [1.82, 2.24) is 0 Å². The highest BCUT2D eigenvalue weighted by atomic mass is 32.2. The molecule has 0 saturated carbocycles. The van der Waals surface area contributed by atoms with Gasteiger partial charge in [-0.05, 0) is 0 Å². The molecule has 0 aliphatic rings. The van der Waals surface area contributed by atoms with Crippen LogP contribution in [-0.4, -0.2) is 19.2 Å². The maximum atomic E-state index is 11.1.